The van der Waals surface area contributed by atoms with Crippen LogP contribution in [0.4, 0.5) is 4.39 Å². The van der Waals surface area contributed by atoms with E-state index in [1.807, 2.05) is 6.92 Å². The Balaban J connectivity index is 1.62. The Kier molecular flexibility index (Phi) is 4.05. The minimum Gasteiger partial charge on any atom is -0.487 e. The summed E-state index contributed by atoms with van der Waals surface area (Å²) in [7, 11) is 0. The van der Waals surface area contributed by atoms with E-state index in [0.717, 1.165) is 17.0 Å². The summed E-state index contributed by atoms with van der Waals surface area (Å²) in [6, 6.07) is 7.20. The molecule has 1 aliphatic carbocycles. The Morgan fingerprint density at radius 3 is 2.84 bits per heavy atom. The van der Waals surface area contributed by atoms with E-state index in [1.165, 1.54) is 41.7 Å². The van der Waals surface area contributed by atoms with Crippen LogP contribution < -0.4 is 10.3 Å². The van der Waals surface area contributed by atoms with Gasteiger partial charge in [0.25, 0.3) is 5.56 Å². The normalized spacial score (nSPS) is 19.3. The number of halogens is 1. The van der Waals surface area contributed by atoms with Crippen LogP contribution in [-0.2, 0) is 6.61 Å². The number of hydrogen-bond acceptors (Lipinski definition) is 5. The molecule has 25 heavy (non-hydrogen) atoms. The highest BCUT2D eigenvalue weighted by molar-refractivity contribution is 7.17. The van der Waals surface area contributed by atoms with Gasteiger partial charge in [0.1, 0.15) is 18.2 Å². The van der Waals surface area contributed by atoms with E-state index >= 15 is 0 Å². The molecule has 0 saturated heterocycles. The first-order chi connectivity index (χ1) is 12.1. The summed E-state index contributed by atoms with van der Waals surface area (Å²) >= 11 is 1.48. The molecule has 4 rings (SSSR count). The van der Waals surface area contributed by atoms with Gasteiger partial charge < -0.3 is 9.84 Å². The highest BCUT2D eigenvalue weighted by atomic mass is 32.1. The van der Waals surface area contributed by atoms with Gasteiger partial charge in [-0.2, -0.15) is 0 Å². The fourth-order valence-electron chi connectivity index (χ4n) is 3.12. The Labute approximate surface area is 147 Å². The third kappa shape index (κ3) is 3.05. The van der Waals surface area contributed by atoms with Gasteiger partial charge in [-0.1, -0.05) is 0 Å². The molecule has 0 spiro atoms. The van der Waals surface area contributed by atoms with Crippen LogP contribution in [0.15, 0.2) is 35.1 Å². The SMILES string of the molecule is Cc1sc2nc(COc3ccc(F)cc3)cc(=O)n2c1[C@@H]1C[C@@H]1CO. The van der Waals surface area contributed by atoms with Gasteiger partial charge in [0.15, 0.2) is 4.96 Å². The minimum atomic E-state index is -0.326. The lowest BCUT2D eigenvalue weighted by Crippen LogP contribution is -2.17. The van der Waals surface area contributed by atoms with Crippen LogP contribution in [0.1, 0.15) is 28.6 Å². The van der Waals surface area contributed by atoms with Crippen molar-refractivity contribution in [3.05, 3.63) is 62.8 Å². The minimum absolute atomic E-state index is 0.134. The average Bonchev–Trinajstić information content (AvgIpc) is 3.29. The monoisotopic (exact) mass is 360 g/mol. The maximum atomic E-state index is 12.9. The van der Waals surface area contributed by atoms with Gasteiger partial charge in [-0.15, -0.1) is 11.3 Å². The summed E-state index contributed by atoms with van der Waals surface area (Å²) < 4.78 is 20.1. The standard InChI is InChI=1S/C18H17FN2O3S/c1-10-17(15-6-11(15)8-22)21-16(23)7-13(20-18(21)25-10)9-24-14-4-2-12(19)3-5-14/h2-5,7,11,15,22H,6,8-9H2,1H3/t11-,15-/m1/s1. The molecule has 1 saturated carbocycles. The molecule has 2 heterocycles. The van der Waals surface area contributed by atoms with Gasteiger partial charge in [-0.3, -0.25) is 9.20 Å². The van der Waals surface area contributed by atoms with E-state index in [-0.39, 0.29) is 36.4 Å². The number of fused-ring (bicyclic) bond motifs is 1. The van der Waals surface area contributed by atoms with Gasteiger partial charge in [-0.05, 0) is 43.5 Å². The first-order valence-corrected chi connectivity index (χ1v) is 8.89. The maximum Gasteiger partial charge on any atom is 0.259 e. The molecule has 3 aromatic rings. The fraction of sp³-hybridized carbons (Fsp3) is 0.333. The third-order valence-electron chi connectivity index (χ3n) is 4.50. The van der Waals surface area contributed by atoms with Crippen molar-refractivity contribution in [3.63, 3.8) is 0 Å². The molecule has 2 aromatic heterocycles. The van der Waals surface area contributed by atoms with E-state index < -0.39 is 0 Å². The number of ether oxygens (including phenoxy) is 1. The number of benzene rings is 1. The lowest BCUT2D eigenvalue weighted by molar-refractivity contribution is 0.273. The molecule has 1 fully saturated rings. The van der Waals surface area contributed by atoms with E-state index in [9.17, 15) is 14.3 Å². The predicted molar refractivity (Wildman–Crippen MR) is 92.7 cm³/mol. The zero-order valence-corrected chi connectivity index (χ0v) is 14.4. The second-order valence-corrected chi connectivity index (χ2v) is 7.46. The summed E-state index contributed by atoms with van der Waals surface area (Å²) in [5, 5.41) is 9.31. The Morgan fingerprint density at radius 2 is 2.16 bits per heavy atom. The molecule has 1 N–H and O–H groups in total. The average molecular weight is 360 g/mol. The summed E-state index contributed by atoms with van der Waals surface area (Å²) in [6.07, 6.45) is 0.908. The van der Waals surface area contributed by atoms with E-state index in [1.54, 1.807) is 4.40 Å². The number of aliphatic hydroxyl groups excluding tert-OH is 1. The predicted octanol–water partition coefficient (Wildman–Crippen LogP) is 2.88. The molecular formula is C18H17FN2O3S. The molecule has 130 valence electrons. The van der Waals surface area contributed by atoms with E-state index in [2.05, 4.69) is 4.98 Å². The molecule has 1 aromatic carbocycles. The zero-order chi connectivity index (χ0) is 17.6. The molecule has 0 unspecified atom stereocenters. The summed E-state index contributed by atoms with van der Waals surface area (Å²) in [5.74, 6) is 0.674. The van der Waals surface area contributed by atoms with Gasteiger partial charge in [-0.25, -0.2) is 9.37 Å². The van der Waals surface area contributed by atoms with Crippen molar-refractivity contribution < 1.29 is 14.2 Å². The van der Waals surface area contributed by atoms with Crippen molar-refractivity contribution in [2.75, 3.05) is 6.61 Å². The summed E-state index contributed by atoms with van der Waals surface area (Å²) in [5.41, 5.74) is 1.38. The van der Waals surface area contributed by atoms with Crippen molar-refractivity contribution in [1.29, 1.82) is 0 Å². The van der Waals surface area contributed by atoms with E-state index in [4.69, 9.17) is 4.74 Å². The maximum absolute atomic E-state index is 12.9. The summed E-state index contributed by atoms with van der Waals surface area (Å²) in [4.78, 5) is 18.8. The van der Waals surface area contributed by atoms with Crippen LogP contribution in [0.2, 0.25) is 0 Å². The molecule has 2 atom stereocenters. The molecule has 0 radical (unpaired) electrons. The molecule has 7 heteroatoms. The highest BCUT2D eigenvalue weighted by Gasteiger charge is 2.41. The summed E-state index contributed by atoms with van der Waals surface area (Å²) in [6.45, 7) is 2.27. The second-order valence-electron chi connectivity index (χ2n) is 6.27. The zero-order valence-electron chi connectivity index (χ0n) is 13.6. The number of aryl methyl sites for hydroxylation is 1. The second kappa shape index (κ2) is 6.24. The molecule has 0 bridgehead atoms. The van der Waals surface area contributed by atoms with Crippen molar-refractivity contribution >= 4 is 16.3 Å². The van der Waals surface area contributed by atoms with Gasteiger partial charge in [0, 0.05) is 29.2 Å². The van der Waals surface area contributed by atoms with E-state index in [0.29, 0.717) is 16.4 Å². The lowest BCUT2D eigenvalue weighted by atomic mass is 10.2. The molecule has 5 nitrogen and oxygen atoms in total. The largest absolute Gasteiger partial charge is 0.487 e. The Hall–Kier alpha value is -2.25. The Morgan fingerprint density at radius 1 is 1.40 bits per heavy atom. The van der Waals surface area contributed by atoms with Crippen LogP contribution in [0, 0.1) is 18.7 Å². The number of rotatable bonds is 5. The van der Waals surface area contributed by atoms with Crippen LogP contribution in [0.5, 0.6) is 5.75 Å². The smallest absolute Gasteiger partial charge is 0.259 e. The fourth-order valence-corrected chi connectivity index (χ4v) is 4.18. The first kappa shape index (κ1) is 16.2. The topological polar surface area (TPSA) is 63.8 Å². The van der Waals surface area contributed by atoms with Crippen LogP contribution in [0.3, 0.4) is 0 Å². The first-order valence-electron chi connectivity index (χ1n) is 8.08. The quantitative estimate of drug-likeness (QED) is 0.760. The lowest BCUT2D eigenvalue weighted by Gasteiger charge is -2.06. The van der Waals surface area contributed by atoms with Crippen LogP contribution in [-0.4, -0.2) is 21.1 Å². The number of thiazole rings is 1. The number of hydrogen-bond donors (Lipinski definition) is 1. The molecule has 0 amide bonds. The van der Waals surface area contributed by atoms with Crippen molar-refractivity contribution in [2.24, 2.45) is 5.92 Å². The van der Waals surface area contributed by atoms with Gasteiger partial charge in [0.05, 0.1) is 5.69 Å². The van der Waals surface area contributed by atoms with Crippen LogP contribution >= 0.6 is 11.3 Å². The highest BCUT2D eigenvalue weighted by Crippen LogP contribution is 2.49. The molecular weight excluding hydrogens is 343 g/mol. The number of aromatic nitrogens is 2. The van der Waals surface area contributed by atoms with Gasteiger partial charge >= 0.3 is 0 Å². The van der Waals surface area contributed by atoms with Crippen molar-refractivity contribution in [2.45, 2.75) is 25.9 Å². The number of nitrogens with zero attached hydrogens (tertiary/aromatic N) is 2. The Bertz CT molecular complexity index is 980. The molecule has 0 aliphatic heterocycles. The third-order valence-corrected chi connectivity index (χ3v) is 5.47. The van der Waals surface area contributed by atoms with Crippen molar-refractivity contribution in [3.8, 4) is 5.75 Å². The van der Waals surface area contributed by atoms with Crippen molar-refractivity contribution in [1.82, 2.24) is 9.38 Å². The van der Waals surface area contributed by atoms with Gasteiger partial charge in [0.2, 0.25) is 0 Å². The molecule has 1 aliphatic rings. The number of aliphatic hydroxyl groups is 1. The van der Waals surface area contributed by atoms with Crippen LogP contribution in [0.25, 0.3) is 4.96 Å².